The van der Waals surface area contributed by atoms with Crippen LogP contribution in [0.25, 0.3) is 0 Å². The summed E-state index contributed by atoms with van der Waals surface area (Å²) < 4.78 is 0. The zero-order valence-corrected chi connectivity index (χ0v) is 12.0. The highest BCUT2D eigenvalue weighted by atomic mass is 16.3. The molecular weight excluding hydrogens is 254 g/mol. The molecule has 1 heterocycles. The van der Waals surface area contributed by atoms with Crippen molar-refractivity contribution in [3.63, 3.8) is 0 Å². The van der Waals surface area contributed by atoms with Gasteiger partial charge in [0.1, 0.15) is 5.75 Å². The van der Waals surface area contributed by atoms with Crippen LogP contribution in [0, 0.1) is 0 Å². The number of hydrogen-bond acceptors (Lipinski definition) is 4. The van der Waals surface area contributed by atoms with E-state index in [1.807, 2.05) is 4.90 Å². The smallest absolute Gasteiger partial charge is 0.239 e. The molecule has 1 atom stereocenters. The van der Waals surface area contributed by atoms with Gasteiger partial charge in [0.05, 0.1) is 6.04 Å². The zero-order valence-electron chi connectivity index (χ0n) is 12.0. The lowest BCUT2D eigenvalue weighted by Crippen LogP contribution is -2.53. The second-order valence-corrected chi connectivity index (χ2v) is 5.24. The number of phenols is 1. The number of carbonyl (C=O) groups is 1. The highest BCUT2D eigenvalue weighted by molar-refractivity contribution is 5.82. The largest absolute Gasteiger partial charge is 0.508 e. The lowest BCUT2D eigenvalue weighted by atomic mass is 10.1. The first kappa shape index (κ1) is 14.8. The number of phenolic OH excluding ortho intramolecular Hbond substituents is 1. The summed E-state index contributed by atoms with van der Waals surface area (Å²) in [5, 5.41) is 9.24. The topological polar surface area (TPSA) is 69.8 Å². The van der Waals surface area contributed by atoms with Crippen LogP contribution in [0.15, 0.2) is 24.3 Å². The molecule has 1 aliphatic heterocycles. The Hall–Kier alpha value is -1.59. The van der Waals surface area contributed by atoms with Gasteiger partial charge in [0, 0.05) is 26.2 Å². The third-order valence-corrected chi connectivity index (χ3v) is 3.84. The standard InChI is InChI=1S/C15H23N3O2/c1-2-17-7-9-18(10-8-17)15(20)14(16)11-12-3-5-13(19)6-4-12/h3-6,14,19H,2,7-11,16H2,1H3/t14-/m0/s1. The van der Waals surface area contributed by atoms with Crippen molar-refractivity contribution in [1.29, 1.82) is 0 Å². The Morgan fingerprint density at radius 2 is 1.85 bits per heavy atom. The Bertz CT molecular complexity index is 439. The molecule has 5 nitrogen and oxygen atoms in total. The van der Waals surface area contributed by atoms with E-state index < -0.39 is 6.04 Å². The number of likely N-dealkylation sites (N-methyl/N-ethyl adjacent to an activating group) is 1. The van der Waals surface area contributed by atoms with Crippen LogP contribution in [-0.4, -0.2) is 59.6 Å². The van der Waals surface area contributed by atoms with E-state index in [0.717, 1.165) is 38.3 Å². The summed E-state index contributed by atoms with van der Waals surface area (Å²) in [4.78, 5) is 16.5. The van der Waals surface area contributed by atoms with Crippen molar-refractivity contribution in [2.75, 3.05) is 32.7 Å². The van der Waals surface area contributed by atoms with Crippen molar-refractivity contribution >= 4 is 5.91 Å². The van der Waals surface area contributed by atoms with E-state index in [1.165, 1.54) is 0 Å². The van der Waals surface area contributed by atoms with E-state index in [9.17, 15) is 9.90 Å². The minimum atomic E-state index is -0.507. The molecule has 0 unspecified atom stereocenters. The highest BCUT2D eigenvalue weighted by Crippen LogP contribution is 2.12. The summed E-state index contributed by atoms with van der Waals surface area (Å²) in [6.45, 7) is 6.53. The summed E-state index contributed by atoms with van der Waals surface area (Å²) in [5.74, 6) is 0.248. The molecule has 0 spiro atoms. The van der Waals surface area contributed by atoms with E-state index in [1.54, 1.807) is 24.3 Å². The Kier molecular flexibility index (Phi) is 4.98. The molecule has 0 saturated carbocycles. The van der Waals surface area contributed by atoms with Gasteiger partial charge < -0.3 is 20.6 Å². The molecule has 3 N–H and O–H groups in total. The zero-order chi connectivity index (χ0) is 14.5. The first-order chi connectivity index (χ1) is 9.60. The van der Waals surface area contributed by atoms with Gasteiger partial charge >= 0.3 is 0 Å². The Labute approximate surface area is 120 Å². The second-order valence-electron chi connectivity index (χ2n) is 5.24. The van der Waals surface area contributed by atoms with Gasteiger partial charge in [0.2, 0.25) is 5.91 Å². The first-order valence-corrected chi connectivity index (χ1v) is 7.14. The van der Waals surface area contributed by atoms with E-state index in [2.05, 4.69) is 11.8 Å². The van der Waals surface area contributed by atoms with Crippen molar-refractivity contribution < 1.29 is 9.90 Å². The number of hydrogen-bond donors (Lipinski definition) is 2. The molecule has 1 aromatic carbocycles. The molecule has 0 aromatic heterocycles. The van der Waals surface area contributed by atoms with Gasteiger partial charge in [-0.3, -0.25) is 4.79 Å². The summed E-state index contributed by atoms with van der Waals surface area (Å²) in [7, 11) is 0. The molecule has 5 heteroatoms. The third-order valence-electron chi connectivity index (χ3n) is 3.84. The number of aromatic hydroxyl groups is 1. The minimum Gasteiger partial charge on any atom is -0.508 e. The van der Waals surface area contributed by atoms with E-state index >= 15 is 0 Å². The third kappa shape index (κ3) is 3.71. The molecule has 0 radical (unpaired) electrons. The van der Waals surface area contributed by atoms with Crippen LogP contribution in [0.3, 0.4) is 0 Å². The molecule has 0 aliphatic carbocycles. The second kappa shape index (κ2) is 6.72. The quantitative estimate of drug-likeness (QED) is 0.837. The van der Waals surface area contributed by atoms with Gasteiger partial charge in [-0.25, -0.2) is 0 Å². The van der Waals surface area contributed by atoms with Crippen molar-refractivity contribution in [3.8, 4) is 5.75 Å². The molecule has 1 fully saturated rings. The molecule has 0 bridgehead atoms. The van der Waals surface area contributed by atoms with E-state index in [4.69, 9.17) is 5.73 Å². The summed E-state index contributed by atoms with van der Waals surface area (Å²) in [5.41, 5.74) is 6.99. The highest BCUT2D eigenvalue weighted by Gasteiger charge is 2.24. The van der Waals surface area contributed by atoms with Gasteiger partial charge in [-0.1, -0.05) is 19.1 Å². The summed E-state index contributed by atoms with van der Waals surface area (Å²) in [6.07, 6.45) is 0.507. The van der Waals surface area contributed by atoms with Crippen LogP contribution in [0.5, 0.6) is 5.75 Å². The van der Waals surface area contributed by atoms with Gasteiger partial charge in [0.15, 0.2) is 0 Å². The molecular formula is C15H23N3O2. The average Bonchev–Trinajstić information content (AvgIpc) is 2.49. The number of nitrogens with two attached hydrogens (primary N) is 1. The normalized spacial score (nSPS) is 18.0. The fourth-order valence-electron chi connectivity index (χ4n) is 2.49. The molecule has 1 saturated heterocycles. The number of benzene rings is 1. The van der Waals surface area contributed by atoms with Crippen LogP contribution < -0.4 is 5.73 Å². The summed E-state index contributed by atoms with van der Waals surface area (Å²) in [6, 6.07) is 6.33. The van der Waals surface area contributed by atoms with Gasteiger partial charge in [-0.05, 0) is 30.7 Å². The molecule has 110 valence electrons. The van der Waals surface area contributed by atoms with Crippen LogP contribution >= 0.6 is 0 Å². The van der Waals surface area contributed by atoms with Crippen molar-refractivity contribution in [3.05, 3.63) is 29.8 Å². The maximum atomic E-state index is 12.3. The Morgan fingerprint density at radius 3 is 2.40 bits per heavy atom. The first-order valence-electron chi connectivity index (χ1n) is 7.14. The number of piperazine rings is 1. The summed E-state index contributed by atoms with van der Waals surface area (Å²) >= 11 is 0. The minimum absolute atomic E-state index is 0.0221. The van der Waals surface area contributed by atoms with Gasteiger partial charge in [0.25, 0.3) is 0 Å². The van der Waals surface area contributed by atoms with Crippen molar-refractivity contribution in [2.45, 2.75) is 19.4 Å². The Morgan fingerprint density at radius 1 is 1.25 bits per heavy atom. The molecule has 1 amide bonds. The molecule has 2 rings (SSSR count). The van der Waals surface area contributed by atoms with Crippen molar-refractivity contribution in [2.24, 2.45) is 5.73 Å². The molecule has 1 aliphatic rings. The van der Waals surface area contributed by atoms with Crippen LogP contribution in [-0.2, 0) is 11.2 Å². The van der Waals surface area contributed by atoms with Crippen LogP contribution in [0.1, 0.15) is 12.5 Å². The van der Waals surface area contributed by atoms with Gasteiger partial charge in [-0.15, -0.1) is 0 Å². The number of carbonyl (C=O) groups excluding carboxylic acids is 1. The van der Waals surface area contributed by atoms with E-state index in [0.29, 0.717) is 6.42 Å². The average molecular weight is 277 g/mol. The predicted octanol–water partition coefficient (Wildman–Crippen LogP) is 0.426. The number of amides is 1. The number of rotatable bonds is 4. The Balaban J connectivity index is 1.87. The molecule has 1 aromatic rings. The van der Waals surface area contributed by atoms with Crippen LogP contribution in [0.2, 0.25) is 0 Å². The fraction of sp³-hybridized carbons (Fsp3) is 0.533. The number of nitrogens with zero attached hydrogens (tertiary/aromatic N) is 2. The molecule has 20 heavy (non-hydrogen) atoms. The fourth-order valence-corrected chi connectivity index (χ4v) is 2.49. The SMILES string of the molecule is CCN1CCN(C(=O)[C@@H](N)Cc2ccc(O)cc2)CC1. The predicted molar refractivity (Wildman–Crippen MR) is 78.5 cm³/mol. The maximum Gasteiger partial charge on any atom is 0.239 e. The lowest BCUT2D eigenvalue weighted by Gasteiger charge is -2.35. The van der Waals surface area contributed by atoms with Crippen molar-refractivity contribution in [1.82, 2.24) is 9.80 Å². The van der Waals surface area contributed by atoms with Gasteiger partial charge in [-0.2, -0.15) is 0 Å². The maximum absolute atomic E-state index is 12.3. The van der Waals surface area contributed by atoms with E-state index in [-0.39, 0.29) is 11.7 Å². The van der Waals surface area contributed by atoms with Crippen LogP contribution in [0.4, 0.5) is 0 Å². The monoisotopic (exact) mass is 277 g/mol. The lowest BCUT2D eigenvalue weighted by molar-refractivity contribution is -0.134.